The zero-order valence-electron chi connectivity index (χ0n) is 11.5. The Morgan fingerprint density at radius 3 is 2.89 bits per heavy atom. The van der Waals surface area contributed by atoms with Crippen molar-refractivity contribution in [1.82, 2.24) is 19.9 Å². The predicted molar refractivity (Wildman–Crippen MR) is 73.6 cm³/mol. The molecule has 3 heterocycles. The Morgan fingerprint density at radius 1 is 1.37 bits per heavy atom. The molecular weight excluding hydrogens is 240 g/mol. The van der Waals surface area contributed by atoms with E-state index in [0.717, 1.165) is 37.1 Å². The van der Waals surface area contributed by atoms with Gasteiger partial charge in [0.1, 0.15) is 11.6 Å². The maximum atomic E-state index is 6.05. The second kappa shape index (κ2) is 5.17. The maximum absolute atomic E-state index is 6.05. The Labute approximate surface area is 113 Å². The van der Waals surface area contributed by atoms with Gasteiger partial charge < -0.3 is 10.1 Å². The summed E-state index contributed by atoms with van der Waals surface area (Å²) in [5, 5.41) is 7.89. The van der Waals surface area contributed by atoms with Gasteiger partial charge >= 0.3 is 0 Å². The fraction of sp³-hybridized carbons (Fsp3) is 0.571. The number of piperidine rings is 1. The van der Waals surface area contributed by atoms with E-state index in [1.165, 1.54) is 0 Å². The number of hydrogen-bond acceptors (Lipinski definition) is 4. The molecule has 5 nitrogen and oxygen atoms in total. The van der Waals surface area contributed by atoms with E-state index in [1.807, 2.05) is 10.7 Å². The van der Waals surface area contributed by atoms with Crippen LogP contribution in [0, 0.1) is 0 Å². The van der Waals surface area contributed by atoms with Gasteiger partial charge in [-0.05, 0) is 37.9 Å². The van der Waals surface area contributed by atoms with E-state index in [2.05, 4.69) is 35.3 Å². The predicted octanol–water partition coefficient (Wildman–Crippen LogP) is 1.98. The van der Waals surface area contributed by atoms with Crippen LogP contribution < -0.4 is 10.1 Å². The monoisotopic (exact) mass is 260 g/mol. The Balaban J connectivity index is 1.89. The third-order valence-electron chi connectivity index (χ3n) is 3.53. The van der Waals surface area contributed by atoms with Crippen molar-refractivity contribution in [2.24, 2.45) is 0 Å². The fourth-order valence-corrected chi connectivity index (χ4v) is 2.36. The van der Waals surface area contributed by atoms with Crippen molar-refractivity contribution in [3.05, 3.63) is 24.2 Å². The van der Waals surface area contributed by atoms with E-state index in [9.17, 15) is 0 Å². The van der Waals surface area contributed by atoms with Crippen LogP contribution in [0.25, 0.3) is 5.52 Å². The standard InChI is InChI=1S/C14H20N4O/c1-10(2)12-9-13-14(16-7-8-18(13)17-12)19-11-3-5-15-6-4-11/h7-11,15H,3-6H2,1-2H3. The Bertz CT molecular complexity index is 558. The number of nitrogens with one attached hydrogen (secondary N) is 1. The van der Waals surface area contributed by atoms with Crippen LogP contribution in [0.1, 0.15) is 38.3 Å². The van der Waals surface area contributed by atoms with Crippen molar-refractivity contribution in [2.45, 2.75) is 38.7 Å². The first-order valence-corrected chi connectivity index (χ1v) is 6.95. The molecule has 0 saturated carbocycles. The van der Waals surface area contributed by atoms with Gasteiger partial charge in [0.2, 0.25) is 5.88 Å². The van der Waals surface area contributed by atoms with E-state index < -0.39 is 0 Å². The molecule has 0 spiro atoms. The maximum Gasteiger partial charge on any atom is 0.240 e. The molecule has 0 amide bonds. The van der Waals surface area contributed by atoms with Gasteiger partial charge in [0.15, 0.2) is 0 Å². The minimum absolute atomic E-state index is 0.261. The Hall–Kier alpha value is -1.62. The number of fused-ring (bicyclic) bond motifs is 1. The van der Waals surface area contributed by atoms with Crippen LogP contribution in [0.3, 0.4) is 0 Å². The molecule has 19 heavy (non-hydrogen) atoms. The first-order valence-electron chi connectivity index (χ1n) is 6.95. The highest BCUT2D eigenvalue weighted by molar-refractivity contribution is 5.56. The third-order valence-corrected chi connectivity index (χ3v) is 3.53. The molecule has 0 bridgehead atoms. The van der Waals surface area contributed by atoms with Crippen molar-refractivity contribution >= 4 is 5.52 Å². The number of nitrogens with zero attached hydrogens (tertiary/aromatic N) is 3. The minimum atomic E-state index is 0.261. The van der Waals surface area contributed by atoms with E-state index in [1.54, 1.807) is 6.20 Å². The van der Waals surface area contributed by atoms with E-state index in [-0.39, 0.29) is 6.10 Å². The highest BCUT2D eigenvalue weighted by atomic mass is 16.5. The highest BCUT2D eigenvalue weighted by Gasteiger charge is 2.17. The summed E-state index contributed by atoms with van der Waals surface area (Å²) in [5.41, 5.74) is 2.04. The van der Waals surface area contributed by atoms with Crippen LogP contribution in [0.15, 0.2) is 18.5 Å². The molecule has 3 rings (SSSR count). The van der Waals surface area contributed by atoms with E-state index in [4.69, 9.17) is 4.74 Å². The second-order valence-corrected chi connectivity index (χ2v) is 5.35. The van der Waals surface area contributed by atoms with Crippen molar-refractivity contribution in [3.8, 4) is 5.88 Å². The molecule has 0 atom stereocenters. The lowest BCUT2D eigenvalue weighted by atomic mass is 10.1. The summed E-state index contributed by atoms with van der Waals surface area (Å²) in [6, 6.07) is 2.08. The molecular formula is C14H20N4O. The summed E-state index contributed by atoms with van der Waals surface area (Å²) >= 11 is 0. The lowest BCUT2D eigenvalue weighted by Gasteiger charge is -2.23. The summed E-state index contributed by atoms with van der Waals surface area (Å²) in [6.07, 6.45) is 5.95. The van der Waals surface area contributed by atoms with E-state index in [0.29, 0.717) is 11.8 Å². The van der Waals surface area contributed by atoms with Gasteiger partial charge in [-0.2, -0.15) is 5.10 Å². The Kier molecular flexibility index (Phi) is 3.38. The zero-order valence-corrected chi connectivity index (χ0v) is 11.5. The molecule has 5 heteroatoms. The molecule has 2 aromatic heterocycles. The van der Waals surface area contributed by atoms with Gasteiger partial charge in [-0.1, -0.05) is 13.8 Å². The fourth-order valence-electron chi connectivity index (χ4n) is 2.36. The molecule has 1 N–H and O–H groups in total. The minimum Gasteiger partial charge on any atom is -0.473 e. The molecule has 1 aliphatic rings. The van der Waals surface area contributed by atoms with Gasteiger partial charge in [-0.15, -0.1) is 0 Å². The average molecular weight is 260 g/mol. The van der Waals surface area contributed by atoms with E-state index >= 15 is 0 Å². The van der Waals surface area contributed by atoms with Crippen LogP contribution in [0.5, 0.6) is 5.88 Å². The number of ether oxygens (including phenoxy) is 1. The molecule has 1 saturated heterocycles. The van der Waals surface area contributed by atoms with Crippen LogP contribution in [0.4, 0.5) is 0 Å². The largest absolute Gasteiger partial charge is 0.473 e. The lowest BCUT2D eigenvalue weighted by Crippen LogP contribution is -2.34. The first kappa shape index (κ1) is 12.4. The summed E-state index contributed by atoms with van der Waals surface area (Å²) in [6.45, 7) is 6.32. The van der Waals surface area contributed by atoms with Gasteiger partial charge in [-0.3, -0.25) is 0 Å². The van der Waals surface area contributed by atoms with Crippen LogP contribution in [-0.4, -0.2) is 33.8 Å². The zero-order chi connectivity index (χ0) is 13.2. The molecule has 1 fully saturated rings. The average Bonchev–Trinajstić information content (AvgIpc) is 2.85. The number of hydrogen-bond donors (Lipinski definition) is 1. The SMILES string of the molecule is CC(C)c1cc2c(OC3CCNCC3)nccn2n1. The van der Waals surface area contributed by atoms with Crippen LogP contribution in [0.2, 0.25) is 0 Å². The normalized spacial score (nSPS) is 17.2. The molecule has 2 aromatic rings. The summed E-state index contributed by atoms with van der Waals surface area (Å²) < 4.78 is 7.91. The second-order valence-electron chi connectivity index (χ2n) is 5.35. The van der Waals surface area contributed by atoms with Gasteiger partial charge in [0.25, 0.3) is 0 Å². The molecule has 0 aromatic carbocycles. The highest BCUT2D eigenvalue weighted by Crippen LogP contribution is 2.23. The molecule has 0 radical (unpaired) electrons. The smallest absolute Gasteiger partial charge is 0.240 e. The topological polar surface area (TPSA) is 51.5 Å². The quantitative estimate of drug-likeness (QED) is 0.917. The van der Waals surface area contributed by atoms with Crippen LogP contribution >= 0.6 is 0 Å². The van der Waals surface area contributed by atoms with Crippen molar-refractivity contribution in [2.75, 3.05) is 13.1 Å². The van der Waals surface area contributed by atoms with Crippen molar-refractivity contribution in [3.63, 3.8) is 0 Å². The number of rotatable bonds is 3. The van der Waals surface area contributed by atoms with Gasteiger partial charge in [0.05, 0.1) is 5.69 Å². The van der Waals surface area contributed by atoms with Crippen LogP contribution in [-0.2, 0) is 0 Å². The van der Waals surface area contributed by atoms with Gasteiger partial charge in [-0.25, -0.2) is 9.50 Å². The van der Waals surface area contributed by atoms with Crippen molar-refractivity contribution < 1.29 is 4.74 Å². The summed E-state index contributed by atoms with van der Waals surface area (Å²) in [4.78, 5) is 4.37. The Morgan fingerprint density at radius 2 is 2.16 bits per heavy atom. The summed E-state index contributed by atoms with van der Waals surface area (Å²) in [7, 11) is 0. The molecule has 0 aliphatic carbocycles. The molecule has 0 unspecified atom stereocenters. The third kappa shape index (κ3) is 2.56. The summed E-state index contributed by atoms with van der Waals surface area (Å²) in [5.74, 6) is 1.11. The molecule has 1 aliphatic heterocycles. The molecule has 102 valence electrons. The van der Waals surface area contributed by atoms with Gasteiger partial charge in [0, 0.05) is 12.4 Å². The first-order chi connectivity index (χ1) is 9.24. The number of aromatic nitrogens is 3. The lowest BCUT2D eigenvalue weighted by molar-refractivity contribution is 0.157. The van der Waals surface area contributed by atoms with Crippen molar-refractivity contribution in [1.29, 1.82) is 0 Å².